The third-order valence-corrected chi connectivity index (χ3v) is 7.00. The molecule has 0 aliphatic carbocycles. The Balaban J connectivity index is 1.67. The SMILES string of the molecule is COC(=O)Cc1[nH]n(-c2ccc([N+](=O)[O-])cc2)c(=O)c1C(C)=Nc1ccc(S(=O)(=O)Nc2nccc(C)n2)cc1. The lowest BCUT2D eigenvalue weighted by Crippen LogP contribution is -2.20. The Labute approximate surface area is 227 Å². The van der Waals surface area contributed by atoms with Gasteiger partial charge in [0.15, 0.2) is 0 Å². The molecule has 0 unspecified atom stereocenters. The number of hydrogen-bond acceptors (Lipinski definition) is 10. The lowest BCUT2D eigenvalue weighted by molar-refractivity contribution is -0.384. The van der Waals surface area contributed by atoms with Gasteiger partial charge in [0.2, 0.25) is 5.95 Å². The van der Waals surface area contributed by atoms with Crippen LogP contribution in [0.3, 0.4) is 0 Å². The van der Waals surface area contributed by atoms with Gasteiger partial charge in [-0.2, -0.15) is 0 Å². The van der Waals surface area contributed by atoms with E-state index in [1.807, 2.05) is 0 Å². The summed E-state index contributed by atoms with van der Waals surface area (Å²) in [6, 6.07) is 12.5. The van der Waals surface area contributed by atoms with E-state index in [1.54, 1.807) is 19.9 Å². The zero-order valence-corrected chi connectivity index (χ0v) is 22.3. The van der Waals surface area contributed by atoms with Crippen LogP contribution in [0.25, 0.3) is 5.69 Å². The third-order valence-electron chi connectivity index (χ3n) is 5.66. The fourth-order valence-electron chi connectivity index (χ4n) is 3.73. The van der Waals surface area contributed by atoms with Crippen LogP contribution in [0.2, 0.25) is 0 Å². The van der Waals surface area contributed by atoms with Gasteiger partial charge in [0.1, 0.15) is 0 Å². The van der Waals surface area contributed by atoms with Gasteiger partial charge in [0.25, 0.3) is 21.3 Å². The summed E-state index contributed by atoms with van der Waals surface area (Å²) in [5.74, 6) is -0.668. The van der Waals surface area contributed by atoms with Crippen LogP contribution in [0.5, 0.6) is 0 Å². The molecule has 2 N–H and O–H groups in total. The summed E-state index contributed by atoms with van der Waals surface area (Å²) in [4.78, 5) is 48.1. The molecule has 2 heterocycles. The van der Waals surface area contributed by atoms with E-state index in [4.69, 9.17) is 4.74 Å². The summed E-state index contributed by atoms with van der Waals surface area (Å²) in [5, 5.41) is 13.8. The molecule has 4 rings (SSSR count). The Morgan fingerprint density at radius 2 is 1.82 bits per heavy atom. The molecule has 206 valence electrons. The van der Waals surface area contributed by atoms with Crippen molar-refractivity contribution in [2.24, 2.45) is 4.99 Å². The zero-order valence-electron chi connectivity index (χ0n) is 21.5. The van der Waals surface area contributed by atoms with Crippen molar-refractivity contribution in [3.05, 3.63) is 98.2 Å². The first-order valence-corrected chi connectivity index (χ1v) is 13.1. The van der Waals surface area contributed by atoms with Gasteiger partial charge in [0.05, 0.1) is 51.7 Å². The minimum absolute atomic E-state index is 0.0530. The molecule has 2 aromatic heterocycles. The second-order valence-corrected chi connectivity index (χ2v) is 10.1. The lowest BCUT2D eigenvalue weighted by atomic mass is 10.1. The van der Waals surface area contributed by atoms with Crippen molar-refractivity contribution >= 4 is 39.0 Å². The second-order valence-electron chi connectivity index (χ2n) is 8.45. The molecule has 0 spiro atoms. The number of nitrogens with zero attached hydrogens (tertiary/aromatic N) is 5. The number of nitro groups is 1. The molecule has 2 aromatic carbocycles. The molecule has 14 nitrogen and oxygen atoms in total. The van der Waals surface area contributed by atoms with Gasteiger partial charge in [-0.25, -0.2) is 27.8 Å². The maximum atomic E-state index is 13.4. The topological polar surface area (TPSA) is 192 Å². The van der Waals surface area contributed by atoms with Gasteiger partial charge < -0.3 is 4.74 Å². The zero-order chi connectivity index (χ0) is 29.0. The number of nitro benzene ring substituents is 1. The van der Waals surface area contributed by atoms with Crippen molar-refractivity contribution in [2.45, 2.75) is 25.2 Å². The second kappa shape index (κ2) is 11.3. The highest BCUT2D eigenvalue weighted by molar-refractivity contribution is 7.92. The van der Waals surface area contributed by atoms with Gasteiger partial charge in [-0.3, -0.25) is 29.8 Å². The Kier molecular flexibility index (Phi) is 7.85. The molecule has 4 aromatic rings. The number of anilines is 1. The number of carbonyl (C=O) groups excluding carboxylic acids is 1. The maximum absolute atomic E-state index is 13.4. The van der Waals surface area contributed by atoms with Crippen molar-refractivity contribution in [2.75, 3.05) is 11.8 Å². The standard InChI is InChI=1S/C25H23N7O7S/c1-15-12-13-26-25(27-15)30-40(37,38)20-10-4-17(5-11-20)28-16(2)23-21(14-22(33)39-3)29-31(24(23)34)18-6-8-19(9-7-18)32(35)36/h4-13,29H,14H2,1-3H3,(H,26,27,30). The van der Waals surface area contributed by atoms with Gasteiger partial charge in [-0.15, -0.1) is 0 Å². The first-order chi connectivity index (χ1) is 19.0. The summed E-state index contributed by atoms with van der Waals surface area (Å²) >= 11 is 0. The number of H-pyrrole nitrogens is 1. The Morgan fingerprint density at radius 1 is 1.15 bits per heavy atom. The number of benzene rings is 2. The lowest BCUT2D eigenvalue weighted by Gasteiger charge is -2.07. The molecule has 0 radical (unpaired) electrons. The number of ether oxygens (including phenoxy) is 1. The average molecular weight is 566 g/mol. The third kappa shape index (κ3) is 6.10. The molecule has 0 saturated heterocycles. The number of rotatable bonds is 9. The first kappa shape index (κ1) is 27.8. The summed E-state index contributed by atoms with van der Waals surface area (Å²) in [5.41, 5.74) is 1.10. The molecule has 0 aliphatic rings. The Hall–Kier alpha value is -5.18. The number of non-ortho nitro benzene ring substituents is 1. The molecule has 0 saturated carbocycles. The van der Waals surface area contributed by atoms with Crippen LogP contribution in [-0.2, 0) is 26.0 Å². The smallest absolute Gasteiger partial charge is 0.311 e. The molecular formula is C25H23N7O7S. The number of hydrogen-bond donors (Lipinski definition) is 2. The number of methoxy groups -OCH3 is 1. The van der Waals surface area contributed by atoms with Gasteiger partial charge in [-0.1, -0.05) is 0 Å². The van der Waals surface area contributed by atoms with E-state index in [1.165, 1.54) is 61.8 Å². The number of aliphatic imine (C=N–C) groups is 1. The fourth-order valence-corrected chi connectivity index (χ4v) is 4.68. The molecule has 15 heteroatoms. The minimum atomic E-state index is -3.97. The van der Waals surface area contributed by atoms with E-state index in [9.17, 15) is 28.1 Å². The quantitative estimate of drug-likeness (QED) is 0.133. The number of aromatic amines is 1. The van der Waals surface area contributed by atoms with E-state index in [2.05, 4.69) is 24.8 Å². The number of aryl methyl sites for hydroxylation is 1. The van der Waals surface area contributed by atoms with E-state index < -0.39 is 26.5 Å². The molecule has 0 amide bonds. The molecule has 0 atom stereocenters. The van der Waals surface area contributed by atoms with Crippen LogP contribution < -0.4 is 10.3 Å². The minimum Gasteiger partial charge on any atom is -0.469 e. The number of aromatic nitrogens is 4. The van der Waals surface area contributed by atoms with Crippen LogP contribution in [0.15, 0.2) is 75.5 Å². The molecule has 0 bridgehead atoms. The van der Waals surface area contributed by atoms with Gasteiger partial charge in [-0.05, 0) is 56.3 Å². The van der Waals surface area contributed by atoms with Crippen molar-refractivity contribution in [1.82, 2.24) is 19.7 Å². The monoisotopic (exact) mass is 565 g/mol. The molecule has 40 heavy (non-hydrogen) atoms. The highest BCUT2D eigenvalue weighted by Crippen LogP contribution is 2.21. The predicted molar refractivity (Wildman–Crippen MR) is 145 cm³/mol. The highest BCUT2D eigenvalue weighted by atomic mass is 32.2. The summed E-state index contributed by atoms with van der Waals surface area (Å²) in [7, 11) is -2.76. The summed E-state index contributed by atoms with van der Waals surface area (Å²) < 4.78 is 33.7. The van der Waals surface area contributed by atoms with Crippen LogP contribution >= 0.6 is 0 Å². The van der Waals surface area contributed by atoms with Gasteiger partial charge >= 0.3 is 5.97 Å². The van der Waals surface area contributed by atoms with Crippen molar-refractivity contribution in [3.8, 4) is 5.69 Å². The number of carbonyl (C=O) groups is 1. The summed E-state index contributed by atoms with van der Waals surface area (Å²) in [6.45, 7) is 3.27. The highest BCUT2D eigenvalue weighted by Gasteiger charge is 2.21. The van der Waals surface area contributed by atoms with E-state index in [0.717, 1.165) is 4.68 Å². The van der Waals surface area contributed by atoms with Crippen molar-refractivity contribution < 1.29 is 22.9 Å². The van der Waals surface area contributed by atoms with Gasteiger partial charge in [0, 0.05) is 24.0 Å². The largest absolute Gasteiger partial charge is 0.469 e. The van der Waals surface area contributed by atoms with Crippen LogP contribution in [0.1, 0.15) is 23.9 Å². The van der Waals surface area contributed by atoms with Crippen LogP contribution in [-0.4, -0.2) is 51.9 Å². The van der Waals surface area contributed by atoms with E-state index in [0.29, 0.717) is 17.1 Å². The summed E-state index contributed by atoms with van der Waals surface area (Å²) in [6.07, 6.45) is 1.17. The van der Waals surface area contributed by atoms with Crippen LogP contribution in [0, 0.1) is 17.0 Å². The van der Waals surface area contributed by atoms with E-state index in [-0.39, 0.29) is 39.9 Å². The number of nitrogens with one attached hydrogen (secondary N) is 2. The number of esters is 1. The first-order valence-electron chi connectivity index (χ1n) is 11.6. The Morgan fingerprint density at radius 3 is 2.42 bits per heavy atom. The molecule has 0 fully saturated rings. The van der Waals surface area contributed by atoms with Crippen molar-refractivity contribution in [3.63, 3.8) is 0 Å². The van der Waals surface area contributed by atoms with Crippen LogP contribution in [0.4, 0.5) is 17.3 Å². The molecule has 0 aliphatic heterocycles. The van der Waals surface area contributed by atoms with E-state index >= 15 is 0 Å². The fraction of sp³-hybridized carbons (Fsp3) is 0.160. The Bertz CT molecular complexity index is 1780. The normalized spacial score (nSPS) is 11.7. The maximum Gasteiger partial charge on any atom is 0.311 e. The average Bonchev–Trinajstić information content (AvgIpc) is 3.24. The van der Waals surface area contributed by atoms with Crippen molar-refractivity contribution in [1.29, 1.82) is 0 Å². The molecular weight excluding hydrogens is 542 g/mol. The number of sulfonamides is 1. The predicted octanol–water partition coefficient (Wildman–Crippen LogP) is 2.83.